The maximum atomic E-state index is 10.6. The Bertz CT molecular complexity index is 741. The molecule has 7 heteroatoms. The van der Waals surface area contributed by atoms with Crippen molar-refractivity contribution in [2.75, 3.05) is 30.9 Å². The second-order valence-electron chi connectivity index (χ2n) is 6.83. The topological polar surface area (TPSA) is 90.4 Å². The lowest BCUT2D eigenvalue weighted by molar-refractivity contribution is 0.190. The molecule has 1 aromatic carbocycles. The highest BCUT2D eigenvalue weighted by atomic mass is 16.4. The number of aromatic nitrogens is 2. The Balaban J connectivity index is 1.67. The van der Waals surface area contributed by atoms with Gasteiger partial charge in [-0.2, -0.15) is 4.98 Å². The quantitative estimate of drug-likeness (QED) is 0.773. The van der Waals surface area contributed by atoms with Gasteiger partial charge < -0.3 is 20.6 Å². The van der Waals surface area contributed by atoms with Crippen LogP contribution in [-0.2, 0) is 0 Å². The Kier molecular flexibility index (Phi) is 5.21. The number of amides is 1. The fourth-order valence-electron chi connectivity index (χ4n) is 3.39. The molecule has 1 heterocycles. The van der Waals surface area contributed by atoms with Crippen molar-refractivity contribution in [3.8, 4) is 0 Å². The Morgan fingerprint density at radius 3 is 2.60 bits per heavy atom. The van der Waals surface area contributed by atoms with Gasteiger partial charge in [-0.3, -0.25) is 0 Å². The van der Waals surface area contributed by atoms with E-state index in [1.54, 1.807) is 0 Å². The summed E-state index contributed by atoms with van der Waals surface area (Å²) in [5.41, 5.74) is 0.933. The normalized spacial score (nSPS) is 20.2. The van der Waals surface area contributed by atoms with Crippen LogP contribution in [0.5, 0.6) is 0 Å². The lowest BCUT2D eigenvalue weighted by Crippen LogP contribution is -2.33. The zero-order chi connectivity index (χ0) is 17.8. The summed E-state index contributed by atoms with van der Waals surface area (Å²) < 4.78 is 0. The first-order valence-electron chi connectivity index (χ1n) is 8.70. The predicted molar refractivity (Wildman–Crippen MR) is 99.3 cm³/mol. The van der Waals surface area contributed by atoms with Gasteiger partial charge in [-0.15, -0.1) is 0 Å². The summed E-state index contributed by atoms with van der Waals surface area (Å²) >= 11 is 0. The van der Waals surface area contributed by atoms with Gasteiger partial charge in [0.1, 0.15) is 5.82 Å². The summed E-state index contributed by atoms with van der Waals surface area (Å²) in [6.45, 7) is 0.541. The molecule has 0 aliphatic heterocycles. The van der Waals surface area contributed by atoms with E-state index in [1.807, 2.05) is 43.3 Å². The number of carbonyl (C=O) groups is 1. The largest absolute Gasteiger partial charge is 0.465 e. The summed E-state index contributed by atoms with van der Waals surface area (Å²) in [4.78, 5) is 21.9. The number of fused-ring (bicyclic) bond motifs is 1. The van der Waals surface area contributed by atoms with E-state index in [-0.39, 0.29) is 0 Å². The van der Waals surface area contributed by atoms with E-state index < -0.39 is 6.09 Å². The van der Waals surface area contributed by atoms with E-state index in [9.17, 15) is 4.79 Å². The van der Waals surface area contributed by atoms with Crippen LogP contribution in [0.15, 0.2) is 24.3 Å². The lowest BCUT2D eigenvalue weighted by atomic mass is 9.86. The summed E-state index contributed by atoms with van der Waals surface area (Å²) in [5, 5.41) is 15.7. The second kappa shape index (κ2) is 7.55. The molecule has 134 valence electrons. The Morgan fingerprint density at radius 1 is 1.20 bits per heavy atom. The average Bonchev–Trinajstić information content (AvgIpc) is 2.60. The first-order chi connectivity index (χ1) is 12.0. The maximum absolute atomic E-state index is 10.6. The van der Waals surface area contributed by atoms with Crippen molar-refractivity contribution in [2.45, 2.75) is 31.7 Å². The highest BCUT2D eigenvalue weighted by molar-refractivity contribution is 5.90. The highest BCUT2D eigenvalue weighted by Gasteiger charge is 2.22. The molecular weight excluding hydrogens is 318 g/mol. The third kappa shape index (κ3) is 4.29. The molecule has 1 aliphatic carbocycles. The number of carboxylic acid groups (broad SMARTS) is 1. The molecule has 1 aromatic heterocycles. The van der Waals surface area contributed by atoms with Gasteiger partial charge in [0.15, 0.2) is 0 Å². The Hall–Kier alpha value is -2.57. The number of nitrogens with one attached hydrogen (secondary N) is 2. The molecule has 1 amide bonds. The van der Waals surface area contributed by atoms with Crippen LogP contribution in [0.4, 0.5) is 16.6 Å². The van der Waals surface area contributed by atoms with Gasteiger partial charge in [0.25, 0.3) is 0 Å². The minimum Gasteiger partial charge on any atom is -0.465 e. The molecule has 25 heavy (non-hydrogen) atoms. The van der Waals surface area contributed by atoms with Crippen molar-refractivity contribution in [2.24, 2.45) is 5.92 Å². The standard InChI is InChI=1S/C18H25N5O2/c1-23(2)16-14-5-3-4-6-15(14)21-17(22-16)20-13-9-7-12(8-10-13)11-19-18(24)25/h3-6,12-13,19H,7-11H2,1-2H3,(H,24,25)(H,20,21,22)/t12-,13+. The van der Waals surface area contributed by atoms with Gasteiger partial charge in [0.05, 0.1) is 5.52 Å². The molecule has 0 radical (unpaired) electrons. The average molecular weight is 343 g/mol. The van der Waals surface area contributed by atoms with Crippen molar-refractivity contribution >= 4 is 28.8 Å². The van der Waals surface area contributed by atoms with E-state index in [4.69, 9.17) is 5.11 Å². The third-order valence-electron chi connectivity index (χ3n) is 4.73. The van der Waals surface area contributed by atoms with Crippen LogP contribution in [0, 0.1) is 5.92 Å². The van der Waals surface area contributed by atoms with Crippen molar-refractivity contribution < 1.29 is 9.90 Å². The second-order valence-corrected chi connectivity index (χ2v) is 6.83. The first-order valence-corrected chi connectivity index (χ1v) is 8.70. The summed E-state index contributed by atoms with van der Waals surface area (Å²) in [6, 6.07) is 8.35. The Morgan fingerprint density at radius 2 is 1.92 bits per heavy atom. The minimum atomic E-state index is -0.943. The van der Waals surface area contributed by atoms with Gasteiger partial charge in [-0.05, 0) is 43.7 Å². The van der Waals surface area contributed by atoms with Crippen LogP contribution in [0.1, 0.15) is 25.7 Å². The van der Waals surface area contributed by atoms with Crippen molar-refractivity contribution in [1.82, 2.24) is 15.3 Å². The van der Waals surface area contributed by atoms with E-state index >= 15 is 0 Å². The number of benzene rings is 1. The number of anilines is 2. The first kappa shape index (κ1) is 17.3. The van der Waals surface area contributed by atoms with Crippen LogP contribution >= 0.6 is 0 Å². The molecule has 0 bridgehead atoms. The van der Waals surface area contributed by atoms with Crippen LogP contribution < -0.4 is 15.5 Å². The molecule has 0 saturated heterocycles. The fourth-order valence-corrected chi connectivity index (χ4v) is 3.39. The lowest BCUT2D eigenvalue weighted by Gasteiger charge is -2.29. The van der Waals surface area contributed by atoms with Gasteiger partial charge in [-0.25, -0.2) is 9.78 Å². The number of rotatable bonds is 5. The molecule has 2 aromatic rings. The minimum absolute atomic E-state index is 0.331. The molecule has 3 rings (SSSR count). The molecule has 7 nitrogen and oxygen atoms in total. The molecular formula is C18H25N5O2. The molecule has 0 unspecified atom stereocenters. The van der Waals surface area contributed by atoms with Gasteiger partial charge in [0.2, 0.25) is 5.95 Å². The zero-order valence-electron chi connectivity index (χ0n) is 14.7. The Labute approximate surface area is 147 Å². The predicted octanol–water partition coefficient (Wildman–Crippen LogP) is 2.93. The number of hydrogen-bond donors (Lipinski definition) is 3. The van der Waals surface area contributed by atoms with Crippen molar-refractivity contribution in [3.63, 3.8) is 0 Å². The van der Waals surface area contributed by atoms with Gasteiger partial charge in [0, 0.05) is 32.1 Å². The van der Waals surface area contributed by atoms with E-state index in [0.29, 0.717) is 24.5 Å². The molecule has 1 aliphatic rings. The van der Waals surface area contributed by atoms with Crippen LogP contribution in [0.3, 0.4) is 0 Å². The molecule has 0 atom stereocenters. The van der Waals surface area contributed by atoms with Crippen molar-refractivity contribution in [3.05, 3.63) is 24.3 Å². The highest BCUT2D eigenvalue weighted by Crippen LogP contribution is 2.28. The molecule has 0 spiro atoms. The summed E-state index contributed by atoms with van der Waals surface area (Å²) in [6.07, 6.45) is 3.07. The van der Waals surface area contributed by atoms with Gasteiger partial charge in [-0.1, -0.05) is 12.1 Å². The van der Waals surface area contributed by atoms with Crippen LogP contribution in [-0.4, -0.2) is 47.8 Å². The molecule has 1 fully saturated rings. The number of hydrogen-bond acceptors (Lipinski definition) is 5. The molecule has 3 N–H and O–H groups in total. The maximum Gasteiger partial charge on any atom is 0.404 e. The van der Waals surface area contributed by atoms with Crippen molar-refractivity contribution in [1.29, 1.82) is 0 Å². The van der Waals surface area contributed by atoms with Crippen LogP contribution in [0.2, 0.25) is 0 Å². The smallest absolute Gasteiger partial charge is 0.404 e. The summed E-state index contributed by atoms with van der Waals surface area (Å²) in [5.74, 6) is 1.99. The monoisotopic (exact) mass is 343 g/mol. The molecule has 1 saturated carbocycles. The van der Waals surface area contributed by atoms with E-state index in [1.165, 1.54) is 0 Å². The van der Waals surface area contributed by atoms with E-state index in [0.717, 1.165) is 42.4 Å². The number of nitrogens with zero attached hydrogens (tertiary/aromatic N) is 3. The van der Waals surface area contributed by atoms with E-state index in [2.05, 4.69) is 20.6 Å². The van der Waals surface area contributed by atoms with Crippen LogP contribution in [0.25, 0.3) is 10.9 Å². The zero-order valence-corrected chi connectivity index (χ0v) is 14.7. The third-order valence-corrected chi connectivity index (χ3v) is 4.73. The van der Waals surface area contributed by atoms with Gasteiger partial charge >= 0.3 is 6.09 Å². The fraction of sp³-hybridized carbons (Fsp3) is 0.500. The summed E-state index contributed by atoms with van der Waals surface area (Å²) in [7, 11) is 3.97. The SMILES string of the molecule is CN(C)c1nc(N[C@H]2CC[C@@H](CNC(=O)O)CC2)nc2ccccc12. The number of para-hydroxylation sites is 1.